The van der Waals surface area contributed by atoms with E-state index < -0.39 is 17.7 Å². The number of nitrogens with zero attached hydrogens (tertiary/aromatic N) is 3. The molecule has 2 heterocycles. The minimum absolute atomic E-state index is 0.0723. The average molecular weight is 442 g/mol. The number of aromatic nitrogens is 3. The number of carbonyl (C=O) groups excluding carboxylic acids is 2. The molecule has 1 fully saturated rings. The molecule has 0 spiro atoms. The van der Waals surface area contributed by atoms with Gasteiger partial charge in [-0.3, -0.25) is 14.5 Å². The van der Waals surface area contributed by atoms with Gasteiger partial charge in [-0.25, -0.2) is 4.79 Å². The number of anilines is 1. The molecule has 0 unspecified atom stereocenters. The van der Waals surface area contributed by atoms with E-state index in [0.717, 1.165) is 42.6 Å². The van der Waals surface area contributed by atoms with Gasteiger partial charge in [0.2, 0.25) is 5.91 Å². The second-order valence-corrected chi connectivity index (χ2v) is 9.87. The Morgan fingerprint density at radius 1 is 1.16 bits per heavy atom. The third-order valence-corrected chi connectivity index (χ3v) is 5.88. The molecule has 0 aliphatic heterocycles. The summed E-state index contributed by atoms with van der Waals surface area (Å²) in [7, 11) is 1.87. The van der Waals surface area contributed by atoms with Gasteiger partial charge in [-0.15, -0.1) is 0 Å². The SMILES string of the molecule is Cc1cnn(C)c1-c1ccc(NC(=O)[C@@H](NC(=O)OC(C)(C)C)C2CCC(C)CC2)cn1. The minimum Gasteiger partial charge on any atom is -0.444 e. The lowest BCUT2D eigenvalue weighted by atomic mass is 9.79. The Balaban J connectivity index is 1.73. The van der Waals surface area contributed by atoms with Crippen LogP contribution in [0.4, 0.5) is 10.5 Å². The number of pyridine rings is 1. The number of amides is 2. The standard InChI is InChI=1S/C24H35N5O3/c1-15-7-9-17(10-8-15)20(28-23(31)32-24(3,4)5)22(30)27-18-11-12-19(25-14-18)21-16(2)13-26-29(21)6/h11-15,17,20H,7-10H2,1-6H3,(H,27,30)(H,28,31)/t15?,17?,20-/m0/s1. The van der Waals surface area contributed by atoms with Crippen molar-refractivity contribution in [3.8, 4) is 11.4 Å². The summed E-state index contributed by atoms with van der Waals surface area (Å²) in [6.45, 7) is 9.63. The van der Waals surface area contributed by atoms with Crippen molar-refractivity contribution in [2.45, 2.75) is 71.9 Å². The molecule has 2 N–H and O–H groups in total. The van der Waals surface area contributed by atoms with Gasteiger partial charge in [0.1, 0.15) is 11.6 Å². The molecule has 0 radical (unpaired) electrons. The van der Waals surface area contributed by atoms with Gasteiger partial charge in [-0.2, -0.15) is 5.10 Å². The molecular formula is C24H35N5O3. The highest BCUT2D eigenvalue weighted by atomic mass is 16.6. The Hall–Kier alpha value is -2.90. The maximum Gasteiger partial charge on any atom is 0.408 e. The summed E-state index contributed by atoms with van der Waals surface area (Å²) in [6, 6.07) is 3.02. The van der Waals surface area contributed by atoms with Crippen LogP contribution in [0.5, 0.6) is 0 Å². The predicted molar refractivity (Wildman–Crippen MR) is 124 cm³/mol. The van der Waals surface area contributed by atoms with Crippen molar-refractivity contribution < 1.29 is 14.3 Å². The highest BCUT2D eigenvalue weighted by Gasteiger charge is 2.33. The molecule has 0 bridgehead atoms. The summed E-state index contributed by atoms with van der Waals surface area (Å²) in [6.07, 6.45) is 6.74. The molecule has 1 atom stereocenters. The van der Waals surface area contributed by atoms with Crippen molar-refractivity contribution >= 4 is 17.7 Å². The Kier molecular flexibility index (Phi) is 7.21. The zero-order valence-corrected chi connectivity index (χ0v) is 19.9. The van der Waals surface area contributed by atoms with E-state index in [4.69, 9.17) is 4.74 Å². The van der Waals surface area contributed by atoms with Crippen molar-refractivity contribution in [3.05, 3.63) is 30.1 Å². The number of hydrogen-bond acceptors (Lipinski definition) is 5. The second kappa shape index (κ2) is 9.71. The molecule has 174 valence electrons. The van der Waals surface area contributed by atoms with Gasteiger partial charge in [0.25, 0.3) is 0 Å². The zero-order valence-electron chi connectivity index (χ0n) is 19.9. The molecule has 0 aromatic carbocycles. The zero-order chi connectivity index (χ0) is 23.5. The number of nitrogens with one attached hydrogen (secondary N) is 2. The van der Waals surface area contributed by atoms with Crippen molar-refractivity contribution in [2.75, 3.05) is 5.32 Å². The van der Waals surface area contributed by atoms with Crippen molar-refractivity contribution in [3.63, 3.8) is 0 Å². The average Bonchev–Trinajstić information content (AvgIpc) is 3.04. The Bertz CT molecular complexity index is 918. The molecule has 32 heavy (non-hydrogen) atoms. The van der Waals surface area contributed by atoms with Gasteiger partial charge >= 0.3 is 6.09 Å². The van der Waals surface area contributed by atoms with E-state index in [9.17, 15) is 9.59 Å². The lowest BCUT2D eigenvalue weighted by molar-refractivity contribution is -0.119. The van der Waals surface area contributed by atoms with Crippen LogP contribution in [0.2, 0.25) is 0 Å². The highest BCUT2D eigenvalue weighted by molar-refractivity contribution is 5.96. The second-order valence-electron chi connectivity index (χ2n) is 9.87. The van der Waals surface area contributed by atoms with E-state index in [2.05, 4.69) is 27.6 Å². The molecular weight excluding hydrogens is 406 g/mol. The Morgan fingerprint density at radius 3 is 2.38 bits per heavy atom. The topological polar surface area (TPSA) is 98.1 Å². The Morgan fingerprint density at radius 2 is 1.84 bits per heavy atom. The normalized spacial score (nSPS) is 19.8. The highest BCUT2D eigenvalue weighted by Crippen LogP contribution is 2.31. The first kappa shape index (κ1) is 23.8. The summed E-state index contributed by atoms with van der Waals surface area (Å²) < 4.78 is 7.19. The molecule has 1 aliphatic carbocycles. The fourth-order valence-corrected chi connectivity index (χ4v) is 4.19. The van der Waals surface area contributed by atoms with Crippen LogP contribution in [0.25, 0.3) is 11.4 Å². The lowest BCUT2D eigenvalue weighted by Gasteiger charge is -2.33. The largest absolute Gasteiger partial charge is 0.444 e. The van der Waals surface area contributed by atoms with Crippen molar-refractivity contribution in [1.82, 2.24) is 20.1 Å². The smallest absolute Gasteiger partial charge is 0.408 e. The summed E-state index contributed by atoms with van der Waals surface area (Å²) in [5, 5.41) is 10.00. The monoisotopic (exact) mass is 441 g/mol. The third-order valence-electron chi connectivity index (χ3n) is 5.88. The van der Waals surface area contributed by atoms with E-state index in [-0.39, 0.29) is 11.8 Å². The molecule has 1 saturated carbocycles. The van der Waals surface area contributed by atoms with E-state index in [1.807, 2.05) is 26.1 Å². The van der Waals surface area contributed by atoms with E-state index in [1.165, 1.54) is 0 Å². The van der Waals surface area contributed by atoms with Crippen LogP contribution >= 0.6 is 0 Å². The molecule has 3 rings (SSSR count). The summed E-state index contributed by atoms with van der Waals surface area (Å²) in [4.78, 5) is 30.1. The number of hydrogen-bond donors (Lipinski definition) is 2. The van der Waals surface area contributed by atoms with Crippen LogP contribution in [-0.2, 0) is 16.6 Å². The molecule has 8 nitrogen and oxygen atoms in total. The molecule has 8 heteroatoms. The van der Waals surface area contributed by atoms with E-state index in [0.29, 0.717) is 11.6 Å². The maximum atomic E-state index is 13.2. The number of alkyl carbamates (subject to hydrolysis) is 1. The number of carbonyl (C=O) groups is 2. The summed E-state index contributed by atoms with van der Waals surface area (Å²) in [5.74, 6) is 0.466. The van der Waals surface area contributed by atoms with Crippen molar-refractivity contribution in [1.29, 1.82) is 0 Å². The number of ether oxygens (including phenoxy) is 1. The fourth-order valence-electron chi connectivity index (χ4n) is 4.19. The van der Waals surface area contributed by atoms with Gasteiger partial charge in [-0.05, 0) is 70.1 Å². The predicted octanol–water partition coefficient (Wildman–Crippen LogP) is 4.45. The van der Waals surface area contributed by atoms with Gasteiger partial charge in [-0.1, -0.05) is 19.8 Å². The van der Waals surface area contributed by atoms with E-state index >= 15 is 0 Å². The third kappa shape index (κ3) is 6.08. The maximum absolute atomic E-state index is 13.2. The first-order valence-corrected chi connectivity index (χ1v) is 11.3. The minimum atomic E-state index is -0.656. The summed E-state index contributed by atoms with van der Waals surface area (Å²) in [5.41, 5.74) is 2.70. The number of rotatable bonds is 5. The molecule has 2 aromatic rings. The lowest BCUT2D eigenvalue weighted by Crippen LogP contribution is -2.50. The number of aryl methyl sites for hydroxylation is 2. The van der Waals surface area contributed by atoms with Crippen LogP contribution in [0.15, 0.2) is 24.5 Å². The molecule has 1 aliphatic rings. The summed E-state index contributed by atoms with van der Waals surface area (Å²) >= 11 is 0. The molecule has 0 saturated heterocycles. The first-order valence-electron chi connectivity index (χ1n) is 11.3. The van der Waals surface area contributed by atoms with Gasteiger partial charge < -0.3 is 15.4 Å². The van der Waals surface area contributed by atoms with Crippen LogP contribution in [0.1, 0.15) is 58.9 Å². The molecule has 2 amide bonds. The molecule has 2 aromatic heterocycles. The quantitative estimate of drug-likeness (QED) is 0.714. The van der Waals surface area contributed by atoms with Gasteiger partial charge in [0, 0.05) is 7.05 Å². The van der Waals surface area contributed by atoms with Crippen LogP contribution in [0.3, 0.4) is 0 Å². The van der Waals surface area contributed by atoms with Crippen LogP contribution in [-0.4, -0.2) is 38.4 Å². The van der Waals surface area contributed by atoms with Crippen molar-refractivity contribution in [2.24, 2.45) is 18.9 Å². The van der Waals surface area contributed by atoms with Crippen LogP contribution < -0.4 is 10.6 Å². The fraction of sp³-hybridized carbons (Fsp3) is 0.583. The van der Waals surface area contributed by atoms with E-state index in [1.54, 1.807) is 37.8 Å². The van der Waals surface area contributed by atoms with Gasteiger partial charge in [0.05, 0.1) is 29.5 Å². The first-order chi connectivity index (χ1) is 15.0. The van der Waals surface area contributed by atoms with Crippen LogP contribution in [0, 0.1) is 18.8 Å². The Labute approximate surface area is 190 Å². The van der Waals surface area contributed by atoms with Gasteiger partial charge in [0.15, 0.2) is 0 Å².